The normalized spacial score (nSPS) is 47.3. The number of amides is 1. The van der Waals surface area contributed by atoms with Crippen LogP contribution >= 0.6 is 0 Å². The molecule has 34 heavy (non-hydrogen) atoms. The van der Waals surface area contributed by atoms with Crippen molar-refractivity contribution >= 4 is 5.91 Å². The quantitative estimate of drug-likeness (QED) is 0.410. The first-order valence-electron chi connectivity index (χ1n) is 13.9. The van der Waals surface area contributed by atoms with Gasteiger partial charge in [-0.3, -0.25) is 4.79 Å². The van der Waals surface area contributed by atoms with E-state index in [-0.39, 0.29) is 47.1 Å². The van der Waals surface area contributed by atoms with Gasteiger partial charge in [0.2, 0.25) is 5.91 Å². The van der Waals surface area contributed by atoms with Gasteiger partial charge in [-0.05, 0) is 111 Å². The van der Waals surface area contributed by atoms with Crippen LogP contribution in [0.4, 0.5) is 0 Å². The molecular weight excluding hydrogens is 430 g/mol. The zero-order valence-electron chi connectivity index (χ0n) is 22.1. The van der Waals surface area contributed by atoms with E-state index in [0.717, 1.165) is 57.8 Å². The van der Waals surface area contributed by atoms with Gasteiger partial charge in [-0.1, -0.05) is 27.7 Å². The molecular formula is C28H51NO5. The van der Waals surface area contributed by atoms with Gasteiger partial charge in [0.25, 0.3) is 0 Å². The highest BCUT2D eigenvalue weighted by Gasteiger charge is 2.65. The van der Waals surface area contributed by atoms with Gasteiger partial charge in [-0.2, -0.15) is 0 Å². The number of carbonyl (C=O) groups is 1. The standard InChI is InChI=1S/C24H41NO4.C4H10O/c1-13(4-7-21(25)29)16-5-6-17-22-18(12-20(28)24(16,17)3)23(2)9-8-15(26)10-14(23)11-19(22)27;1-3-4(2)5/h13-20,22,26-28H,4-12H2,1-3H3,(H2,25,29);4-5H,3H2,1-2H3/t13-,14+,15-,16-,17+,18+,19-,20+,22+,23+,24-;4-/m10/s1. The summed E-state index contributed by atoms with van der Waals surface area (Å²) in [4.78, 5) is 11.3. The second-order valence-electron chi connectivity index (χ2n) is 12.8. The Morgan fingerprint density at radius 2 is 1.68 bits per heavy atom. The maximum atomic E-state index is 11.5. The lowest BCUT2D eigenvalue weighted by Gasteiger charge is -2.63. The van der Waals surface area contributed by atoms with Crippen LogP contribution in [0.5, 0.6) is 0 Å². The molecule has 4 aliphatic carbocycles. The summed E-state index contributed by atoms with van der Waals surface area (Å²) in [6.45, 7) is 10.6. The number of fused-ring (bicyclic) bond motifs is 5. The zero-order valence-corrected chi connectivity index (χ0v) is 22.1. The minimum Gasteiger partial charge on any atom is -0.393 e. The number of hydrogen-bond donors (Lipinski definition) is 5. The zero-order chi connectivity index (χ0) is 25.4. The lowest BCUT2D eigenvalue weighted by atomic mass is 9.43. The van der Waals surface area contributed by atoms with Gasteiger partial charge in [0.1, 0.15) is 0 Å². The van der Waals surface area contributed by atoms with Crippen molar-refractivity contribution in [1.82, 2.24) is 0 Å². The van der Waals surface area contributed by atoms with E-state index in [1.54, 1.807) is 6.92 Å². The lowest BCUT2D eigenvalue weighted by molar-refractivity contribution is -0.207. The van der Waals surface area contributed by atoms with E-state index in [1.807, 2.05) is 6.92 Å². The average Bonchev–Trinajstić information content (AvgIpc) is 3.13. The third-order valence-electron chi connectivity index (χ3n) is 11.0. The lowest BCUT2D eigenvalue weighted by Crippen LogP contribution is -2.62. The fourth-order valence-electron chi connectivity index (χ4n) is 8.70. The van der Waals surface area contributed by atoms with Crippen molar-refractivity contribution in [3.63, 3.8) is 0 Å². The Bertz CT molecular complexity index is 700. The number of hydrogen-bond acceptors (Lipinski definition) is 5. The van der Waals surface area contributed by atoms with Crippen molar-refractivity contribution in [3.8, 4) is 0 Å². The van der Waals surface area contributed by atoms with Gasteiger partial charge in [-0.25, -0.2) is 0 Å². The topological polar surface area (TPSA) is 124 Å². The van der Waals surface area contributed by atoms with E-state index in [4.69, 9.17) is 10.8 Å². The van der Waals surface area contributed by atoms with E-state index in [2.05, 4.69) is 20.8 Å². The number of carbonyl (C=O) groups excluding carboxylic acids is 1. The Morgan fingerprint density at radius 1 is 1.03 bits per heavy atom. The first-order valence-corrected chi connectivity index (χ1v) is 13.9. The number of rotatable bonds is 5. The third-order valence-corrected chi connectivity index (χ3v) is 11.0. The predicted octanol–water partition coefficient (Wildman–Crippen LogP) is 3.63. The summed E-state index contributed by atoms with van der Waals surface area (Å²) in [6, 6.07) is 0. The van der Waals surface area contributed by atoms with Crippen LogP contribution in [0.2, 0.25) is 0 Å². The van der Waals surface area contributed by atoms with Crippen LogP contribution in [-0.2, 0) is 4.79 Å². The molecule has 12 atom stereocenters. The van der Waals surface area contributed by atoms with Crippen molar-refractivity contribution in [3.05, 3.63) is 0 Å². The number of aliphatic hydroxyl groups excluding tert-OH is 4. The molecule has 198 valence electrons. The Balaban J connectivity index is 0.000000588. The third kappa shape index (κ3) is 5.07. The monoisotopic (exact) mass is 481 g/mol. The van der Waals surface area contributed by atoms with Crippen molar-refractivity contribution in [1.29, 1.82) is 0 Å². The highest BCUT2D eigenvalue weighted by atomic mass is 16.3. The molecule has 0 aliphatic heterocycles. The van der Waals surface area contributed by atoms with Gasteiger partial charge in [0, 0.05) is 6.42 Å². The summed E-state index contributed by atoms with van der Waals surface area (Å²) in [5.74, 6) is 1.72. The highest BCUT2D eigenvalue weighted by Crippen LogP contribution is 2.68. The molecule has 4 aliphatic rings. The maximum absolute atomic E-state index is 11.5. The van der Waals surface area contributed by atoms with Crippen molar-refractivity contribution in [2.45, 2.75) is 123 Å². The molecule has 6 heteroatoms. The van der Waals surface area contributed by atoms with E-state index in [9.17, 15) is 20.1 Å². The summed E-state index contributed by atoms with van der Waals surface area (Å²) in [5, 5.41) is 41.3. The van der Waals surface area contributed by atoms with Crippen LogP contribution in [-0.4, -0.2) is 50.7 Å². The molecule has 0 saturated heterocycles. The Kier molecular flexibility index (Phi) is 8.81. The van der Waals surface area contributed by atoms with Crippen LogP contribution in [0.3, 0.4) is 0 Å². The summed E-state index contributed by atoms with van der Waals surface area (Å²) in [6.07, 6.45) is 7.30. The molecule has 0 heterocycles. The summed E-state index contributed by atoms with van der Waals surface area (Å²) in [5.41, 5.74) is 5.30. The first-order chi connectivity index (χ1) is 15.9. The van der Waals surface area contributed by atoms with Crippen LogP contribution in [0, 0.1) is 46.3 Å². The van der Waals surface area contributed by atoms with Crippen LogP contribution in [0.25, 0.3) is 0 Å². The Hall–Kier alpha value is -0.690. The second-order valence-corrected chi connectivity index (χ2v) is 12.8. The fraction of sp³-hybridized carbons (Fsp3) is 0.964. The van der Waals surface area contributed by atoms with E-state index < -0.39 is 0 Å². The van der Waals surface area contributed by atoms with Gasteiger partial charge in [0.05, 0.1) is 24.4 Å². The Labute approximate surface area is 206 Å². The minimum atomic E-state index is -0.369. The molecule has 0 aromatic heterocycles. The molecule has 4 saturated carbocycles. The fourth-order valence-corrected chi connectivity index (χ4v) is 8.70. The van der Waals surface area contributed by atoms with E-state index in [1.165, 1.54) is 0 Å². The summed E-state index contributed by atoms with van der Waals surface area (Å²) >= 11 is 0. The molecule has 1 amide bonds. The number of nitrogens with two attached hydrogens (primary N) is 1. The van der Waals surface area contributed by atoms with Crippen molar-refractivity contribution in [2.24, 2.45) is 52.1 Å². The molecule has 4 rings (SSSR count). The predicted molar refractivity (Wildman–Crippen MR) is 134 cm³/mol. The maximum Gasteiger partial charge on any atom is 0.217 e. The molecule has 0 aromatic rings. The highest BCUT2D eigenvalue weighted by molar-refractivity contribution is 5.73. The molecule has 0 radical (unpaired) electrons. The molecule has 0 aromatic carbocycles. The smallest absolute Gasteiger partial charge is 0.217 e. The van der Waals surface area contributed by atoms with Gasteiger partial charge in [-0.15, -0.1) is 0 Å². The molecule has 6 nitrogen and oxygen atoms in total. The second kappa shape index (κ2) is 10.7. The summed E-state index contributed by atoms with van der Waals surface area (Å²) < 4.78 is 0. The average molecular weight is 482 g/mol. The Morgan fingerprint density at radius 3 is 2.26 bits per heavy atom. The van der Waals surface area contributed by atoms with E-state index in [0.29, 0.717) is 36.0 Å². The van der Waals surface area contributed by atoms with Crippen LogP contribution < -0.4 is 5.73 Å². The molecule has 4 fully saturated rings. The molecule has 0 unspecified atom stereocenters. The molecule has 0 bridgehead atoms. The minimum absolute atomic E-state index is 0.112. The number of aliphatic hydroxyl groups is 4. The van der Waals surface area contributed by atoms with Gasteiger partial charge in [0.15, 0.2) is 0 Å². The molecule has 6 N–H and O–H groups in total. The largest absolute Gasteiger partial charge is 0.393 e. The number of primary amides is 1. The van der Waals surface area contributed by atoms with Gasteiger partial charge < -0.3 is 26.2 Å². The van der Waals surface area contributed by atoms with Crippen LogP contribution in [0.1, 0.15) is 98.8 Å². The summed E-state index contributed by atoms with van der Waals surface area (Å²) in [7, 11) is 0. The van der Waals surface area contributed by atoms with Gasteiger partial charge >= 0.3 is 0 Å². The van der Waals surface area contributed by atoms with Crippen LogP contribution in [0.15, 0.2) is 0 Å². The van der Waals surface area contributed by atoms with Crippen molar-refractivity contribution in [2.75, 3.05) is 0 Å². The first kappa shape index (κ1) is 27.9. The van der Waals surface area contributed by atoms with Crippen molar-refractivity contribution < 1.29 is 25.2 Å². The van der Waals surface area contributed by atoms with E-state index >= 15 is 0 Å². The molecule has 0 spiro atoms. The SMILES string of the molecule is CC[C@H](C)O.C[C@H](CCC(N)=O)[C@H]1CC[C@H]2[C@@H]3[C@H](O)C[C@@H]4C[C@H](O)CC[C@]4(C)[C@H]3C[C@H](O)[C@]12C.